The second kappa shape index (κ2) is 15.2. The molecule has 2 aromatic heterocycles. The van der Waals surface area contributed by atoms with Gasteiger partial charge in [0.1, 0.15) is 34.7 Å². The van der Waals surface area contributed by atoms with Crippen molar-refractivity contribution in [2.45, 2.75) is 71.6 Å². The normalized spacial score (nSPS) is 17.9. The number of benzene rings is 4. The van der Waals surface area contributed by atoms with Crippen LogP contribution in [-0.4, -0.2) is 75.9 Å². The number of fused-ring (bicyclic) bond motifs is 2. The topological polar surface area (TPSA) is 114 Å². The van der Waals surface area contributed by atoms with E-state index in [1.807, 2.05) is 55.1 Å². The standard InChI is InChI=1S/C41H37F5N4O6/c1-21-26(6-3-8-28(21)37-47-30-14-23(18-49-13-11-25(42)20-49)33(55-40(43)44)16-35(30)53-37)27-7-4-9-29(22(27)2)38-48-31-15-24(19-50-12-5-10-32(50)39(51)52)34(56-41(45)46)17-36(31)54-38/h3-4,6-9,14-17,25,32,40-41H,5,10-13,18-20H2,1-2H3,(H,51,52)/t25?,32-/m0/s1. The van der Waals surface area contributed by atoms with Crippen LogP contribution in [0.25, 0.3) is 56.2 Å². The summed E-state index contributed by atoms with van der Waals surface area (Å²) < 4.78 is 89.6. The van der Waals surface area contributed by atoms with Crippen LogP contribution in [0, 0.1) is 13.8 Å². The van der Waals surface area contributed by atoms with E-state index in [2.05, 4.69) is 0 Å². The van der Waals surface area contributed by atoms with Gasteiger partial charge in [-0.25, -0.2) is 14.4 Å². The van der Waals surface area contributed by atoms with E-state index in [0.717, 1.165) is 22.3 Å². The molecule has 1 unspecified atom stereocenters. The second-order valence-corrected chi connectivity index (χ2v) is 14.2. The Bertz CT molecular complexity index is 2430. The highest BCUT2D eigenvalue weighted by molar-refractivity contribution is 5.85. The van der Waals surface area contributed by atoms with Crippen molar-refractivity contribution in [3.05, 3.63) is 82.9 Å². The van der Waals surface area contributed by atoms with Gasteiger partial charge in [-0.05, 0) is 86.2 Å². The average molecular weight is 777 g/mol. The maximum absolute atomic E-state index is 13.9. The lowest BCUT2D eigenvalue weighted by Gasteiger charge is -2.22. The zero-order valence-electron chi connectivity index (χ0n) is 30.4. The fraction of sp³-hybridized carbons (Fsp3) is 0.341. The number of carboxylic acids is 1. The lowest BCUT2D eigenvalue weighted by atomic mass is 9.91. The number of oxazole rings is 2. The van der Waals surface area contributed by atoms with Crippen molar-refractivity contribution in [3.8, 4) is 45.5 Å². The van der Waals surface area contributed by atoms with E-state index >= 15 is 0 Å². The fourth-order valence-corrected chi connectivity index (χ4v) is 7.89. The minimum Gasteiger partial charge on any atom is -0.480 e. The van der Waals surface area contributed by atoms with E-state index in [0.29, 0.717) is 65.6 Å². The Balaban J connectivity index is 1.12. The van der Waals surface area contributed by atoms with Gasteiger partial charge in [-0.15, -0.1) is 0 Å². The third-order valence-corrected chi connectivity index (χ3v) is 10.6. The molecule has 8 rings (SSSR count). The maximum Gasteiger partial charge on any atom is 0.387 e. The summed E-state index contributed by atoms with van der Waals surface area (Å²) in [7, 11) is 0. The molecule has 292 valence electrons. The Labute approximate surface area is 317 Å². The molecule has 0 radical (unpaired) electrons. The molecule has 56 heavy (non-hydrogen) atoms. The van der Waals surface area contributed by atoms with Crippen LogP contribution in [0.5, 0.6) is 11.5 Å². The molecule has 6 aromatic rings. The first-order valence-electron chi connectivity index (χ1n) is 18.2. The minimum atomic E-state index is -3.10. The Hall–Kier alpha value is -5.54. The van der Waals surface area contributed by atoms with Gasteiger partial charge in [-0.2, -0.15) is 17.6 Å². The van der Waals surface area contributed by atoms with E-state index < -0.39 is 31.4 Å². The van der Waals surface area contributed by atoms with Crippen molar-refractivity contribution in [1.82, 2.24) is 19.8 Å². The smallest absolute Gasteiger partial charge is 0.387 e. The number of hydrogen-bond donors (Lipinski definition) is 1. The molecular weight excluding hydrogens is 739 g/mol. The number of nitrogens with zero attached hydrogens (tertiary/aromatic N) is 4. The van der Waals surface area contributed by atoms with Crippen molar-refractivity contribution in [3.63, 3.8) is 0 Å². The summed E-state index contributed by atoms with van der Waals surface area (Å²) in [6, 6.07) is 16.6. The number of alkyl halides is 5. The number of rotatable bonds is 12. The fourth-order valence-electron chi connectivity index (χ4n) is 7.89. The number of likely N-dealkylation sites (tertiary alicyclic amines) is 2. The zero-order valence-corrected chi connectivity index (χ0v) is 30.4. The first-order chi connectivity index (χ1) is 26.9. The third kappa shape index (κ3) is 7.40. The summed E-state index contributed by atoms with van der Waals surface area (Å²) in [6.07, 6.45) is 0.553. The predicted molar refractivity (Wildman–Crippen MR) is 196 cm³/mol. The van der Waals surface area contributed by atoms with Crippen LogP contribution >= 0.6 is 0 Å². The van der Waals surface area contributed by atoms with Gasteiger partial charge in [-0.1, -0.05) is 24.3 Å². The second-order valence-electron chi connectivity index (χ2n) is 14.2. The summed E-state index contributed by atoms with van der Waals surface area (Å²) in [6.45, 7) is -0.788. The SMILES string of the molecule is Cc1c(-c2nc3cc(CN4CCC(F)C4)c(OC(F)F)cc3o2)cccc1-c1cccc(-c2nc3cc(CN4CCC[C@H]4C(=O)O)c(OC(F)F)cc3o2)c1C. The maximum atomic E-state index is 13.9. The summed E-state index contributed by atoms with van der Waals surface area (Å²) in [4.78, 5) is 24.8. The predicted octanol–water partition coefficient (Wildman–Crippen LogP) is 9.38. The largest absolute Gasteiger partial charge is 0.480 e. The summed E-state index contributed by atoms with van der Waals surface area (Å²) in [5.41, 5.74) is 6.84. The molecule has 1 N–H and O–H groups in total. The molecule has 15 heteroatoms. The van der Waals surface area contributed by atoms with Crippen LogP contribution in [0.15, 0.2) is 69.5 Å². The molecule has 4 heterocycles. The van der Waals surface area contributed by atoms with Gasteiger partial charge >= 0.3 is 19.2 Å². The molecule has 2 atom stereocenters. The molecule has 0 aliphatic carbocycles. The molecule has 0 spiro atoms. The van der Waals surface area contributed by atoms with Crippen LogP contribution in [0.2, 0.25) is 0 Å². The molecule has 0 bridgehead atoms. The zero-order chi connectivity index (χ0) is 39.2. The average Bonchev–Trinajstić information content (AvgIpc) is 3.95. The number of ether oxygens (including phenoxy) is 2. The van der Waals surface area contributed by atoms with Crippen LogP contribution < -0.4 is 9.47 Å². The highest BCUT2D eigenvalue weighted by Crippen LogP contribution is 2.40. The molecular formula is C41H37F5N4O6. The Kier molecular flexibility index (Phi) is 10.1. The minimum absolute atomic E-state index is 0.0537. The number of carboxylic acid groups (broad SMARTS) is 1. The number of carbonyl (C=O) groups is 1. The van der Waals surface area contributed by atoms with E-state index in [1.54, 1.807) is 17.0 Å². The van der Waals surface area contributed by atoms with Gasteiger partial charge in [0.2, 0.25) is 11.8 Å². The molecule has 2 saturated heterocycles. The van der Waals surface area contributed by atoms with E-state index in [1.165, 1.54) is 12.1 Å². The number of halogens is 5. The van der Waals surface area contributed by atoms with E-state index in [4.69, 9.17) is 28.3 Å². The van der Waals surface area contributed by atoms with Crippen LogP contribution in [-0.2, 0) is 17.9 Å². The van der Waals surface area contributed by atoms with Crippen LogP contribution in [0.3, 0.4) is 0 Å². The Morgan fingerprint density at radius 2 is 1.30 bits per heavy atom. The van der Waals surface area contributed by atoms with Crippen LogP contribution in [0.4, 0.5) is 22.0 Å². The van der Waals surface area contributed by atoms with E-state index in [-0.39, 0.29) is 54.1 Å². The highest BCUT2D eigenvalue weighted by atomic mass is 19.3. The van der Waals surface area contributed by atoms with Gasteiger partial charge in [0.15, 0.2) is 11.2 Å². The molecule has 0 saturated carbocycles. The summed E-state index contributed by atoms with van der Waals surface area (Å²) in [5, 5.41) is 9.65. The van der Waals surface area contributed by atoms with Gasteiger partial charge in [-0.3, -0.25) is 14.6 Å². The molecule has 2 fully saturated rings. The summed E-state index contributed by atoms with van der Waals surface area (Å²) >= 11 is 0. The molecule has 4 aromatic carbocycles. The highest BCUT2D eigenvalue weighted by Gasteiger charge is 2.32. The summed E-state index contributed by atoms with van der Waals surface area (Å²) in [5.74, 6) is -0.601. The monoisotopic (exact) mass is 776 g/mol. The van der Waals surface area contributed by atoms with Crippen molar-refractivity contribution < 1.29 is 50.2 Å². The van der Waals surface area contributed by atoms with Crippen molar-refractivity contribution in [2.24, 2.45) is 0 Å². The number of hydrogen-bond acceptors (Lipinski definition) is 9. The van der Waals surface area contributed by atoms with Gasteiger partial charge in [0.05, 0.1) is 0 Å². The van der Waals surface area contributed by atoms with E-state index in [9.17, 15) is 31.9 Å². The Morgan fingerprint density at radius 3 is 1.79 bits per heavy atom. The third-order valence-electron chi connectivity index (χ3n) is 10.6. The molecule has 2 aliphatic heterocycles. The molecule has 0 amide bonds. The molecule has 2 aliphatic rings. The Morgan fingerprint density at radius 1 is 0.786 bits per heavy atom. The van der Waals surface area contributed by atoms with Crippen molar-refractivity contribution >= 4 is 28.2 Å². The lowest BCUT2D eigenvalue weighted by Crippen LogP contribution is -2.35. The van der Waals surface area contributed by atoms with Crippen molar-refractivity contribution in [2.75, 3.05) is 19.6 Å². The van der Waals surface area contributed by atoms with Crippen LogP contribution in [0.1, 0.15) is 41.5 Å². The quantitative estimate of drug-likeness (QED) is 0.121. The first kappa shape index (κ1) is 37.4. The van der Waals surface area contributed by atoms with Gasteiger partial charge in [0.25, 0.3) is 0 Å². The van der Waals surface area contributed by atoms with Gasteiger partial charge < -0.3 is 23.4 Å². The first-order valence-corrected chi connectivity index (χ1v) is 18.2. The molecule has 10 nitrogen and oxygen atoms in total. The van der Waals surface area contributed by atoms with Gasteiger partial charge in [0, 0.05) is 60.6 Å². The van der Waals surface area contributed by atoms with Crippen molar-refractivity contribution in [1.29, 1.82) is 0 Å². The lowest BCUT2D eigenvalue weighted by molar-refractivity contribution is -0.142. The number of aliphatic carboxylic acids is 1. The number of aromatic nitrogens is 2.